The van der Waals surface area contributed by atoms with Gasteiger partial charge in [0, 0.05) is 12.8 Å². The molecule has 1 heterocycles. The minimum atomic E-state index is -1.86. The van der Waals surface area contributed by atoms with Crippen molar-refractivity contribution < 1.29 is 53.8 Å². The minimum absolute atomic E-state index is 0.168. The molecule has 4 N–H and O–H groups in total. The summed E-state index contributed by atoms with van der Waals surface area (Å²) in [5.41, 5.74) is 0. The zero-order chi connectivity index (χ0) is 36.1. The highest BCUT2D eigenvalue weighted by Gasteiger charge is 2.47. The number of aliphatic hydroxyl groups excluding tert-OH is 3. The fraction of sp³-hybridized carbons (Fsp3) is 0.763. The SMILES string of the molecule is CCC/C=C\C/C=C\CCCCCCCC(=O)OCC(COC1OC(C(=O)O)C(O)C(O)C1O)OC(=O)CCCCCCC/C=C\CCC. The first kappa shape index (κ1) is 44.5. The van der Waals surface area contributed by atoms with Gasteiger partial charge in [-0.3, -0.25) is 9.59 Å². The Labute approximate surface area is 293 Å². The standard InChI is InChI=1S/C38H64O11/c1-3-5-7-9-11-13-15-16-17-19-20-22-24-26-31(39)46-28-30(29-47-38-35(43)33(41)34(42)36(49-38)37(44)45)48-32(40)27-25-23-21-18-14-12-10-8-6-4-2/h7-10,13,15,30,33-36,38,41-43H,3-6,11-12,14,16-29H2,1-2H3,(H,44,45)/b9-7-,10-8-,15-13-. The van der Waals surface area contributed by atoms with Crippen molar-refractivity contribution in [2.75, 3.05) is 13.2 Å². The van der Waals surface area contributed by atoms with E-state index in [1.807, 2.05) is 0 Å². The lowest BCUT2D eigenvalue weighted by molar-refractivity contribution is -0.298. The number of aliphatic hydroxyl groups is 3. The average molecular weight is 697 g/mol. The lowest BCUT2D eigenvalue weighted by Gasteiger charge is -2.38. The van der Waals surface area contributed by atoms with E-state index < -0.39 is 61.3 Å². The summed E-state index contributed by atoms with van der Waals surface area (Å²) in [6, 6.07) is 0. The summed E-state index contributed by atoms with van der Waals surface area (Å²) >= 11 is 0. The Kier molecular flexibility index (Phi) is 26.5. The summed E-state index contributed by atoms with van der Waals surface area (Å²) in [6.45, 7) is 3.62. The van der Waals surface area contributed by atoms with E-state index in [9.17, 15) is 34.8 Å². The van der Waals surface area contributed by atoms with Gasteiger partial charge in [0.2, 0.25) is 0 Å². The molecule has 6 atom stereocenters. The monoisotopic (exact) mass is 696 g/mol. The average Bonchev–Trinajstić information content (AvgIpc) is 3.08. The molecule has 0 aromatic heterocycles. The van der Waals surface area contributed by atoms with E-state index in [1.54, 1.807) is 0 Å². The third-order valence-electron chi connectivity index (χ3n) is 8.17. The lowest BCUT2D eigenvalue weighted by Crippen LogP contribution is -2.60. The number of hydrogen-bond acceptors (Lipinski definition) is 10. The molecule has 0 spiro atoms. The van der Waals surface area contributed by atoms with Crippen LogP contribution < -0.4 is 0 Å². The van der Waals surface area contributed by atoms with Crippen molar-refractivity contribution in [2.45, 2.75) is 173 Å². The topological polar surface area (TPSA) is 169 Å². The number of carbonyl (C=O) groups excluding carboxylic acids is 2. The Bertz CT molecular complexity index is 963. The van der Waals surface area contributed by atoms with Crippen LogP contribution in [0.1, 0.15) is 136 Å². The van der Waals surface area contributed by atoms with Gasteiger partial charge >= 0.3 is 17.9 Å². The Morgan fingerprint density at radius 1 is 0.633 bits per heavy atom. The fourth-order valence-corrected chi connectivity index (χ4v) is 5.21. The second kappa shape index (κ2) is 29.2. The molecular formula is C38H64O11. The van der Waals surface area contributed by atoms with Crippen LogP contribution in [0.3, 0.4) is 0 Å². The number of rotatable bonds is 29. The highest BCUT2D eigenvalue weighted by molar-refractivity contribution is 5.73. The molecular weight excluding hydrogens is 632 g/mol. The summed E-state index contributed by atoms with van der Waals surface area (Å²) in [6.07, 6.45) is 20.8. The first-order valence-corrected chi connectivity index (χ1v) is 18.5. The smallest absolute Gasteiger partial charge is 0.335 e. The van der Waals surface area contributed by atoms with Crippen molar-refractivity contribution in [3.63, 3.8) is 0 Å². The van der Waals surface area contributed by atoms with Gasteiger partial charge in [-0.15, -0.1) is 0 Å². The quantitative estimate of drug-likeness (QED) is 0.0384. The van der Waals surface area contributed by atoms with E-state index in [0.717, 1.165) is 89.9 Å². The van der Waals surface area contributed by atoms with Crippen molar-refractivity contribution in [3.8, 4) is 0 Å². The number of carbonyl (C=O) groups is 3. The first-order valence-electron chi connectivity index (χ1n) is 18.5. The van der Waals surface area contributed by atoms with Crippen LogP contribution in [0.4, 0.5) is 0 Å². The molecule has 1 aliphatic rings. The molecule has 1 rings (SSSR count). The summed E-state index contributed by atoms with van der Waals surface area (Å²) in [5.74, 6) is -2.48. The van der Waals surface area contributed by atoms with Crippen molar-refractivity contribution in [2.24, 2.45) is 0 Å². The van der Waals surface area contributed by atoms with Gasteiger partial charge in [-0.1, -0.05) is 102 Å². The number of aliphatic carboxylic acids is 1. The lowest BCUT2D eigenvalue weighted by atomic mass is 9.99. The van der Waals surface area contributed by atoms with E-state index in [2.05, 4.69) is 50.3 Å². The minimum Gasteiger partial charge on any atom is -0.479 e. The number of hydrogen-bond donors (Lipinski definition) is 4. The van der Waals surface area contributed by atoms with Crippen LogP contribution in [-0.4, -0.2) is 88.4 Å². The molecule has 1 fully saturated rings. The molecule has 11 nitrogen and oxygen atoms in total. The summed E-state index contributed by atoms with van der Waals surface area (Å²) in [4.78, 5) is 36.5. The Morgan fingerprint density at radius 2 is 1.14 bits per heavy atom. The van der Waals surface area contributed by atoms with Crippen LogP contribution in [0.15, 0.2) is 36.5 Å². The van der Waals surface area contributed by atoms with Crippen LogP contribution in [0.5, 0.6) is 0 Å². The number of ether oxygens (including phenoxy) is 4. The zero-order valence-corrected chi connectivity index (χ0v) is 29.9. The van der Waals surface area contributed by atoms with Crippen LogP contribution >= 0.6 is 0 Å². The van der Waals surface area contributed by atoms with Crippen molar-refractivity contribution in [3.05, 3.63) is 36.5 Å². The second-order valence-electron chi connectivity index (χ2n) is 12.7. The molecule has 0 bridgehead atoms. The zero-order valence-electron chi connectivity index (χ0n) is 29.9. The molecule has 0 aromatic carbocycles. The Balaban J connectivity index is 2.47. The van der Waals surface area contributed by atoms with Gasteiger partial charge in [0.1, 0.15) is 24.9 Å². The van der Waals surface area contributed by atoms with E-state index in [0.29, 0.717) is 12.8 Å². The molecule has 6 unspecified atom stereocenters. The molecule has 11 heteroatoms. The van der Waals surface area contributed by atoms with Crippen molar-refractivity contribution in [1.82, 2.24) is 0 Å². The van der Waals surface area contributed by atoms with Gasteiger partial charge in [0.05, 0.1) is 6.61 Å². The van der Waals surface area contributed by atoms with Gasteiger partial charge in [0.15, 0.2) is 18.5 Å². The maximum absolute atomic E-state index is 12.6. The summed E-state index contributed by atoms with van der Waals surface area (Å²) in [5, 5.41) is 39.6. The van der Waals surface area contributed by atoms with E-state index >= 15 is 0 Å². The number of esters is 2. The van der Waals surface area contributed by atoms with Gasteiger partial charge in [-0.25, -0.2) is 4.79 Å². The predicted molar refractivity (Wildman–Crippen MR) is 188 cm³/mol. The Hall–Kier alpha value is -2.57. The number of allylic oxidation sites excluding steroid dienone is 6. The second-order valence-corrected chi connectivity index (χ2v) is 12.7. The van der Waals surface area contributed by atoms with Crippen molar-refractivity contribution in [1.29, 1.82) is 0 Å². The molecule has 282 valence electrons. The molecule has 1 saturated heterocycles. The number of unbranched alkanes of at least 4 members (excludes halogenated alkanes) is 12. The third kappa shape index (κ3) is 22.0. The van der Waals surface area contributed by atoms with Crippen LogP contribution in [0.25, 0.3) is 0 Å². The molecule has 0 amide bonds. The highest BCUT2D eigenvalue weighted by Crippen LogP contribution is 2.23. The molecule has 1 aliphatic heterocycles. The van der Waals surface area contributed by atoms with Gasteiger partial charge in [-0.05, 0) is 57.8 Å². The molecule has 49 heavy (non-hydrogen) atoms. The largest absolute Gasteiger partial charge is 0.479 e. The molecule has 0 aromatic rings. The summed E-state index contributed by atoms with van der Waals surface area (Å²) < 4.78 is 21.5. The van der Waals surface area contributed by atoms with E-state index in [-0.39, 0.29) is 19.4 Å². The van der Waals surface area contributed by atoms with Gasteiger partial charge in [0.25, 0.3) is 0 Å². The molecule has 0 saturated carbocycles. The fourth-order valence-electron chi connectivity index (χ4n) is 5.21. The van der Waals surface area contributed by atoms with Gasteiger partial charge < -0.3 is 39.4 Å². The maximum Gasteiger partial charge on any atom is 0.335 e. The third-order valence-corrected chi connectivity index (χ3v) is 8.17. The number of carboxylic acid groups (broad SMARTS) is 1. The van der Waals surface area contributed by atoms with Crippen LogP contribution in [0, 0.1) is 0 Å². The first-order chi connectivity index (χ1) is 23.7. The molecule has 0 radical (unpaired) electrons. The van der Waals surface area contributed by atoms with Crippen LogP contribution in [-0.2, 0) is 33.3 Å². The maximum atomic E-state index is 12.6. The van der Waals surface area contributed by atoms with Gasteiger partial charge in [-0.2, -0.15) is 0 Å². The van der Waals surface area contributed by atoms with E-state index in [1.165, 1.54) is 6.42 Å². The Morgan fingerprint density at radius 3 is 1.73 bits per heavy atom. The summed E-state index contributed by atoms with van der Waals surface area (Å²) in [7, 11) is 0. The van der Waals surface area contributed by atoms with Crippen LogP contribution in [0.2, 0.25) is 0 Å². The van der Waals surface area contributed by atoms with E-state index in [4.69, 9.17) is 18.9 Å². The molecule has 0 aliphatic carbocycles. The predicted octanol–water partition coefficient (Wildman–Crippen LogP) is 6.47. The number of carboxylic acids is 1. The highest BCUT2D eigenvalue weighted by atomic mass is 16.7. The van der Waals surface area contributed by atoms with Crippen molar-refractivity contribution >= 4 is 17.9 Å². The normalized spacial score (nSPS) is 21.9.